The van der Waals surface area contributed by atoms with Crippen molar-refractivity contribution in [3.63, 3.8) is 0 Å². The number of amides is 1. The predicted octanol–water partition coefficient (Wildman–Crippen LogP) is 0.237. The summed E-state index contributed by atoms with van der Waals surface area (Å²) in [5.74, 6) is -1.16. The summed E-state index contributed by atoms with van der Waals surface area (Å²) in [5.41, 5.74) is 1.27. The number of aryl methyl sites for hydroxylation is 1. The van der Waals surface area contributed by atoms with Crippen LogP contribution in [0.3, 0.4) is 0 Å². The molecule has 1 aromatic rings. The van der Waals surface area contributed by atoms with Gasteiger partial charge in [-0.2, -0.15) is 0 Å². The fourth-order valence-electron chi connectivity index (χ4n) is 1.72. The Balaban J connectivity index is 2.74. The molecule has 0 aliphatic heterocycles. The number of rotatable bonds is 7. The van der Waals surface area contributed by atoms with Crippen molar-refractivity contribution in [1.29, 1.82) is 0 Å². The highest BCUT2D eigenvalue weighted by Gasteiger charge is 2.21. The molecule has 2 atom stereocenters. The summed E-state index contributed by atoms with van der Waals surface area (Å²) in [5, 5.41) is 11.2. The van der Waals surface area contributed by atoms with Crippen molar-refractivity contribution in [2.24, 2.45) is 0 Å². The largest absolute Gasteiger partial charge is 0.497 e. The Kier molecular flexibility index (Phi) is 6.29. The number of nitrogens with one attached hydrogen (secondary N) is 1. The van der Waals surface area contributed by atoms with Gasteiger partial charge in [0.25, 0.3) is 0 Å². The van der Waals surface area contributed by atoms with E-state index in [4.69, 9.17) is 9.84 Å². The third-order valence-electron chi connectivity index (χ3n) is 2.55. The highest BCUT2D eigenvalue weighted by molar-refractivity contribution is 7.84. The fourth-order valence-corrected chi connectivity index (χ4v) is 2.92. The van der Waals surface area contributed by atoms with Crippen LogP contribution in [0.2, 0.25) is 0 Å². The minimum absolute atomic E-state index is 0.0986. The zero-order valence-electron chi connectivity index (χ0n) is 12.1. The van der Waals surface area contributed by atoms with Crippen LogP contribution in [-0.2, 0) is 26.1 Å². The van der Waals surface area contributed by atoms with Crippen LogP contribution in [-0.4, -0.2) is 45.1 Å². The lowest BCUT2D eigenvalue weighted by molar-refractivity contribution is -0.140. The molecule has 1 heterocycles. The number of pyridine rings is 1. The van der Waals surface area contributed by atoms with Gasteiger partial charge in [-0.05, 0) is 6.92 Å². The molecule has 0 aliphatic carbocycles. The number of aromatic nitrogens is 1. The minimum atomic E-state index is -1.47. The summed E-state index contributed by atoms with van der Waals surface area (Å²) < 4.78 is 17.1. The molecule has 1 aromatic heterocycles. The Hall–Kier alpha value is -1.96. The fraction of sp³-hybridized carbons (Fsp3) is 0.462. The lowest BCUT2D eigenvalue weighted by Gasteiger charge is -2.13. The summed E-state index contributed by atoms with van der Waals surface area (Å²) in [6.07, 6.45) is 0. The number of hydrogen-bond acceptors (Lipinski definition) is 5. The van der Waals surface area contributed by atoms with E-state index in [-0.39, 0.29) is 11.5 Å². The van der Waals surface area contributed by atoms with Gasteiger partial charge in [0.05, 0.1) is 24.3 Å². The SMILES string of the molecule is COc1cc(C)nc(CS(=O)CC(NC(C)=O)C(=O)O)c1. The number of aliphatic carboxylic acids is 1. The van der Waals surface area contributed by atoms with E-state index in [9.17, 15) is 13.8 Å². The average Bonchev–Trinajstić information content (AvgIpc) is 2.36. The second-order valence-electron chi connectivity index (χ2n) is 4.48. The third kappa shape index (κ3) is 5.90. The standard InChI is InChI=1S/C13H18N2O5S/c1-8-4-11(20-3)5-10(14-8)6-21(19)7-12(13(17)18)15-9(2)16/h4-5,12H,6-7H2,1-3H3,(H,15,16)(H,17,18). The molecule has 1 rings (SSSR count). The van der Waals surface area contributed by atoms with Crippen LogP contribution in [0.5, 0.6) is 5.75 Å². The van der Waals surface area contributed by atoms with Crippen LogP contribution in [0, 0.1) is 6.92 Å². The third-order valence-corrected chi connectivity index (χ3v) is 3.88. The Bertz CT molecular complexity index is 561. The van der Waals surface area contributed by atoms with Gasteiger partial charge in [-0.1, -0.05) is 0 Å². The van der Waals surface area contributed by atoms with E-state index in [1.807, 2.05) is 0 Å². The molecule has 0 aliphatic rings. The smallest absolute Gasteiger partial charge is 0.327 e. The Morgan fingerprint density at radius 2 is 2.14 bits per heavy atom. The molecule has 0 aromatic carbocycles. The maximum absolute atomic E-state index is 12.0. The van der Waals surface area contributed by atoms with Crippen molar-refractivity contribution in [2.75, 3.05) is 12.9 Å². The molecule has 0 spiro atoms. The van der Waals surface area contributed by atoms with Gasteiger partial charge in [-0.25, -0.2) is 4.79 Å². The highest BCUT2D eigenvalue weighted by atomic mass is 32.2. The quantitative estimate of drug-likeness (QED) is 0.746. The molecule has 8 heteroatoms. The molecule has 0 saturated heterocycles. The normalized spacial score (nSPS) is 13.3. The zero-order valence-corrected chi connectivity index (χ0v) is 12.9. The Morgan fingerprint density at radius 1 is 1.48 bits per heavy atom. The number of ether oxygens (including phenoxy) is 1. The van der Waals surface area contributed by atoms with E-state index in [0.717, 1.165) is 5.69 Å². The molecular formula is C13H18N2O5S. The summed E-state index contributed by atoms with van der Waals surface area (Å²) in [6.45, 7) is 3.00. The van der Waals surface area contributed by atoms with Gasteiger partial charge >= 0.3 is 5.97 Å². The van der Waals surface area contributed by atoms with E-state index in [0.29, 0.717) is 11.4 Å². The average molecular weight is 314 g/mol. The highest BCUT2D eigenvalue weighted by Crippen LogP contribution is 2.14. The lowest BCUT2D eigenvalue weighted by Crippen LogP contribution is -2.43. The van der Waals surface area contributed by atoms with Crippen molar-refractivity contribution in [3.8, 4) is 5.75 Å². The number of carbonyl (C=O) groups is 2. The van der Waals surface area contributed by atoms with E-state index < -0.39 is 28.7 Å². The van der Waals surface area contributed by atoms with Gasteiger partial charge in [-0.3, -0.25) is 14.0 Å². The minimum Gasteiger partial charge on any atom is -0.497 e. The summed E-state index contributed by atoms with van der Waals surface area (Å²) in [7, 11) is 0.0504. The lowest BCUT2D eigenvalue weighted by atomic mass is 10.3. The maximum Gasteiger partial charge on any atom is 0.327 e. The van der Waals surface area contributed by atoms with Crippen LogP contribution in [0.15, 0.2) is 12.1 Å². The van der Waals surface area contributed by atoms with Crippen molar-refractivity contribution in [1.82, 2.24) is 10.3 Å². The van der Waals surface area contributed by atoms with Crippen molar-refractivity contribution in [3.05, 3.63) is 23.5 Å². The second-order valence-corrected chi connectivity index (χ2v) is 5.98. The molecule has 0 radical (unpaired) electrons. The number of hydrogen-bond donors (Lipinski definition) is 2. The molecule has 0 bridgehead atoms. The zero-order chi connectivity index (χ0) is 16.0. The first-order valence-electron chi connectivity index (χ1n) is 6.18. The number of carbonyl (C=O) groups excluding carboxylic acids is 1. The van der Waals surface area contributed by atoms with Crippen molar-refractivity contribution in [2.45, 2.75) is 25.6 Å². The monoisotopic (exact) mass is 314 g/mol. The first-order valence-corrected chi connectivity index (χ1v) is 7.67. The number of carboxylic acids is 1. The molecule has 2 unspecified atom stereocenters. The van der Waals surface area contributed by atoms with Gasteiger partial charge in [-0.15, -0.1) is 0 Å². The molecule has 0 saturated carbocycles. The van der Waals surface area contributed by atoms with Gasteiger partial charge in [0, 0.05) is 35.5 Å². The summed E-state index contributed by atoms with van der Waals surface area (Å²) in [4.78, 5) is 26.1. The molecule has 0 fully saturated rings. The number of nitrogens with zero attached hydrogens (tertiary/aromatic N) is 1. The topological polar surface area (TPSA) is 106 Å². The van der Waals surface area contributed by atoms with Crippen LogP contribution >= 0.6 is 0 Å². The van der Waals surface area contributed by atoms with Crippen LogP contribution < -0.4 is 10.1 Å². The predicted molar refractivity (Wildman–Crippen MR) is 77.5 cm³/mol. The summed E-state index contributed by atoms with van der Waals surface area (Å²) >= 11 is 0. The van der Waals surface area contributed by atoms with E-state index >= 15 is 0 Å². The van der Waals surface area contributed by atoms with Gasteiger partial charge in [0.15, 0.2) is 0 Å². The first-order chi connectivity index (χ1) is 9.81. The Labute approximate surface area is 125 Å². The Morgan fingerprint density at radius 3 is 2.67 bits per heavy atom. The number of methoxy groups -OCH3 is 1. The maximum atomic E-state index is 12.0. The van der Waals surface area contributed by atoms with E-state index in [1.165, 1.54) is 14.0 Å². The van der Waals surface area contributed by atoms with Gasteiger partial charge < -0.3 is 15.2 Å². The van der Waals surface area contributed by atoms with Crippen molar-refractivity contribution >= 4 is 22.7 Å². The molecule has 21 heavy (non-hydrogen) atoms. The molecule has 7 nitrogen and oxygen atoms in total. The first kappa shape index (κ1) is 17.1. The molecule has 1 amide bonds. The van der Waals surface area contributed by atoms with Crippen molar-refractivity contribution < 1.29 is 23.6 Å². The van der Waals surface area contributed by atoms with E-state index in [1.54, 1.807) is 19.1 Å². The molecule has 2 N–H and O–H groups in total. The molecule has 116 valence electrons. The van der Waals surface area contributed by atoms with Crippen LogP contribution in [0.25, 0.3) is 0 Å². The van der Waals surface area contributed by atoms with Gasteiger partial charge in [0.2, 0.25) is 5.91 Å². The van der Waals surface area contributed by atoms with E-state index in [2.05, 4.69) is 10.3 Å². The molecular weight excluding hydrogens is 296 g/mol. The second kappa shape index (κ2) is 7.72. The van der Waals surface area contributed by atoms with Gasteiger partial charge in [0.1, 0.15) is 11.8 Å². The summed E-state index contributed by atoms with van der Waals surface area (Å²) in [6, 6.07) is 2.22. The number of carboxylic acid groups (broad SMARTS) is 1. The van der Waals surface area contributed by atoms with Crippen LogP contribution in [0.4, 0.5) is 0 Å². The van der Waals surface area contributed by atoms with Crippen LogP contribution in [0.1, 0.15) is 18.3 Å².